The van der Waals surface area contributed by atoms with Gasteiger partial charge in [-0.15, -0.1) is 0 Å². The molecule has 0 bridgehead atoms. The summed E-state index contributed by atoms with van der Waals surface area (Å²) < 4.78 is 27.1. The van der Waals surface area contributed by atoms with Crippen molar-refractivity contribution in [2.24, 2.45) is 0 Å². The number of carboxylic acids is 1. The number of carbonyl (C=O) groups is 1. The molecular weight excluding hydrogens is 364 g/mol. The zero-order chi connectivity index (χ0) is 15.6. The maximum Gasteiger partial charge on any atom is 0.340 e. The van der Waals surface area contributed by atoms with Gasteiger partial charge in [-0.1, -0.05) is 15.9 Å². The number of aromatic nitrogens is 2. The molecule has 1 aromatic heterocycles. The average molecular weight is 371 g/mol. The van der Waals surface area contributed by atoms with E-state index in [0.29, 0.717) is 4.47 Å². The monoisotopic (exact) mass is 370 g/mol. The highest BCUT2D eigenvalue weighted by Crippen LogP contribution is 2.24. The van der Waals surface area contributed by atoms with Crippen molar-refractivity contribution in [2.75, 3.05) is 4.72 Å². The summed E-state index contributed by atoms with van der Waals surface area (Å²) in [6.45, 7) is 0. The van der Waals surface area contributed by atoms with Crippen LogP contribution in [0.15, 0.2) is 33.9 Å². The summed E-state index contributed by atoms with van der Waals surface area (Å²) in [7, 11) is -4.22. The average Bonchev–Trinajstić information content (AvgIpc) is 2.88. The normalized spacial score (nSPS) is 10.9. The lowest BCUT2D eigenvalue weighted by Crippen LogP contribution is -2.17. The molecule has 2 aromatic rings. The topological polar surface area (TPSA) is 136 Å². The minimum atomic E-state index is -4.22. The standard InChI is InChI=1S/C11H7BrN4O4S/c12-7-2-1-6(4-13)9(3-7)16-21(19,20)10-8(11(17)18)5-14-15-10/h1-3,5,16H,(H,14,15)(H,17,18). The molecule has 0 spiro atoms. The van der Waals surface area contributed by atoms with Crippen molar-refractivity contribution in [3.8, 4) is 6.07 Å². The van der Waals surface area contributed by atoms with E-state index in [0.717, 1.165) is 6.20 Å². The zero-order valence-electron chi connectivity index (χ0n) is 10.2. The minimum absolute atomic E-state index is 0.0258. The second-order valence-corrected chi connectivity index (χ2v) is 6.36. The number of aromatic carboxylic acids is 1. The zero-order valence-corrected chi connectivity index (χ0v) is 12.6. The van der Waals surface area contributed by atoms with Gasteiger partial charge in [0, 0.05) is 4.47 Å². The number of nitrogens with zero attached hydrogens (tertiary/aromatic N) is 2. The Morgan fingerprint density at radius 2 is 2.19 bits per heavy atom. The quantitative estimate of drug-likeness (QED) is 0.746. The van der Waals surface area contributed by atoms with Crippen molar-refractivity contribution >= 4 is 37.6 Å². The molecule has 10 heteroatoms. The number of nitrogens with one attached hydrogen (secondary N) is 2. The molecule has 0 saturated carbocycles. The summed E-state index contributed by atoms with van der Waals surface area (Å²) in [6.07, 6.45) is 0.892. The summed E-state index contributed by atoms with van der Waals surface area (Å²) in [5.41, 5.74) is -0.369. The van der Waals surface area contributed by atoms with Gasteiger partial charge in [-0.3, -0.25) is 9.82 Å². The molecule has 2 rings (SSSR count). The number of aromatic amines is 1. The van der Waals surface area contributed by atoms with E-state index in [1.54, 1.807) is 6.07 Å². The SMILES string of the molecule is N#Cc1ccc(Br)cc1NS(=O)(=O)c1[nH]ncc1C(=O)O. The van der Waals surface area contributed by atoms with Crippen LogP contribution in [-0.2, 0) is 10.0 Å². The molecule has 108 valence electrons. The fourth-order valence-corrected chi connectivity index (χ4v) is 3.05. The van der Waals surface area contributed by atoms with Crippen LogP contribution >= 0.6 is 15.9 Å². The molecule has 1 heterocycles. The van der Waals surface area contributed by atoms with Gasteiger partial charge >= 0.3 is 5.97 Å². The van der Waals surface area contributed by atoms with Gasteiger partial charge in [0.1, 0.15) is 11.6 Å². The lowest BCUT2D eigenvalue weighted by Gasteiger charge is -2.09. The van der Waals surface area contributed by atoms with Crippen molar-refractivity contribution < 1.29 is 18.3 Å². The maximum atomic E-state index is 12.2. The molecule has 21 heavy (non-hydrogen) atoms. The predicted molar refractivity (Wildman–Crippen MR) is 75.2 cm³/mol. The Morgan fingerprint density at radius 3 is 2.81 bits per heavy atom. The van der Waals surface area contributed by atoms with E-state index >= 15 is 0 Å². The number of hydrogen-bond acceptors (Lipinski definition) is 5. The highest BCUT2D eigenvalue weighted by molar-refractivity contribution is 9.10. The molecule has 0 radical (unpaired) electrons. The minimum Gasteiger partial charge on any atom is -0.478 e. The Kier molecular flexibility index (Phi) is 3.97. The molecular formula is C11H7BrN4O4S. The second kappa shape index (κ2) is 5.55. The van der Waals surface area contributed by atoms with E-state index in [1.807, 2.05) is 6.07 Å². The Bertz CT molecular complexity index is 853. The summed E-state index contributed by atoms with van der Waals surface area (Å²) in [4.78, 5) is 10.9. The molecule has 0 amide bonds. The highest BCUT2D eigenvalue weighted by Gasteiger charge is 2.25. The highest BCUT2D eigenvalue weighted by atomic mass is 79.9. The molecule has 0 atom stereocenters. The van der Waals surface area contributed by atoms with Gasteiger partial charge in [-0.2, -0.15) is 18.8 Å². The fraction of sp³-hybridized carbons (Fsp3) is 0. The van der Waals surface area contributed by atoms with Crippen LogP contribution in [-0.4, -0.2) is 29.7 Å². The third-order valence-electron chi connectivity index (χ3n) is 2.45. The van der Waals surface area contributed by atoms with Crippen LogP contribution in [0.1, 0.15) is 15.9 Å². The lowest BCUT2D eigenvalue weighted by atomic mass is 10.2. The summed E-state index contributed by atoms with van der Waals surface area (Å²) in [5.74, 6) is -1.43. The molecule has 0 fully saturated rings. The van der Waals surface area contributed by atoms with Crippen molar-refractivity contribution in [1.29, 1.82) is 5.26 Å². The Balaban J connectivity index is 2.48. The van der Waals surface area contributed by atoms with Gasteiger partial charge < -0.3 is 5.11 Å². The fourth-order valence-electron chi connectivity index (χ4n) is 1.53. The van der Waals surface area contributed by atoms with Crippen molar-refractivity contribution in [1.82, 2.24) is 10.2 Å². The third-order valence-corrected chi connectivity index (χ3v) is 4.28. The number of benzene rings is 1. The number of rotatable bonds is 4. The number of anilines is 1. The number of nitriles is 1. The summed E-state index contributed by atoms with van der Waals surface area (Å²) >= 11 is 3.16. The Morgan fingerprint density at radius 1 is 1.48 bits per heavy atom. The number of hydrogen-bond donors (Lipinski definition) is 3. The maximum absolute atomic E-state index is 12.2. The largest absolute Gasteiger partial charge is 0.478 e. The molecule has 1 aromatic carbocycles. The van der Waals surface area contributed by atoms with Crippen LogP contribution in [0.25, 0.3) is 0 Å². The van der Waals surface area contributed by atoms with Crippen LogP contribution < -0.4 is 4.72 Å². The molecule has 0 aliphatic rings. The number of carboxylic acid groups (broad SMARTS) is 1. The summed E-state index contributed by atoms with van der Waals surface area (Å²) in [5, 5.41) is 22.8. The van der Waals surface area contributed by atoms with Crippen LogP contribution in [0, 0.1) is 11.3 Å². The van der Waals surface area contributed by atoms with E-state index in [4.69, 9.17) is 10.4 Å². The lowest BCUT2D eigenvalue weighted by molar-refractivity contribution is 0.0692. The van der Waals surface area contributed by atoms with E-state index < -0.39 is 26.6 Å². The van der Waals surface area contributed by atoms with Crippen LogP contribution in [0.3, 0.4) is 0 Å². The second-order valence-electron chi connectivity index (χ2n) is 3.83. The van der Waals surface area contributed by atoms with E-state index in [2.05, 4.69) is 30.8 Å². The Labute approximate surface area is 127 Å². The number of sulfonamides is 1. The van der Waals surface area contributed by atoms with Gasteiger partial charge in [0.05, 0.1) is 17.4 Å². The van der Waals surface area contributed by atoms with Gasteiger partial charge in [-0.25, -0.2) is 4.79 Å². The number of halogens is 1. The first kappa shape index (κ1) is 15.0. The molecule has 0 unspecified atom stereocenters. The van der Waals surface area contributed by atoms with Crippen molar-refractivity contribution in [2.45, 2.75) is 5.03 Å². The van der Waals surface area contributed by atoms with Gasteiger partial charge in [0.2, 0.25) is 0 Å². The first-order valence-electron chi connectivity index (χ1n) is 5.34. The van der Waals surface area contributed by atoms with E-state index in [1.165, 1.54) is 12.1 Å². The van der Waals surface area contributed by atoms with Gasteiger partial charge in [-0.05, 0) is 18.2 Å². The first-order valence-corrected chi connectivity index (χ1v) is 7.62. The van der Waals surface area contributed by atoms with Crippen molar-refractivity contribution in [3.63, 3.8) is 0 Å². The van der Waals surface area contributed by atoms with Crippen LogP contribution in [0.4, 0.5) is 5.69 Å². The van der Waals surface area contributed by atoms with E-state index in [9.17, 15) is 13.2 Å². The first-order chi connectivity index (χ1) is 9.85. The third kappa shape index (κ3) is 3.04. The molecule has 8 nitrogen and oxygen atoms in total. The molecule has 0 aliphatic heterocycles. The van der Waals surface area contributed by atoms with Crippen LogP contribution in [0.2, 0.25) is 0 Å². The smallest absolute Gasteiger partial charge is 0.340 e. The van der Waals surface area contributed by atoms with Gasteiger partial charge in [0.15, 0.2) is 5.03 Å². The van der Waals surface area contributed by atoms with Crippen LogP contribution in [0.5, 0.6) is 0 Å². The predicted octanol–water partition coefficient (Wildman–Crippen LogP) is 1.54. The molecule has 3 N–H and O–H groups in total. The van der Waals surface area contributed by atoms with Crippen molar-refractivity contribution in [3.05, 3.63) is 40.0 Å². The summed E-state index contributed by atoms with van der Waals surface area (Å²) in [6, 6.07) is 6.24. The Hall–Kier alpha value is -2.38. The number of H-pyrrole nitrogens is 1. The van der Waals surface area contributed by atoms with E-state index in [-0.39, 0.29) is 11.3 Å². The molecule has 0 aliphatic carbocycles. The molecule has 0 saturated heterocycles. The van der Waals surface area contributed by atoms with Gasteiger partial charge in [0.25, 0.3) is 10.0 Å².